The Kier molecular flexibility index (Phi) is 6.37. The van der Waals surface area contributed by atoms with Gasteiger partial charge in [0.1, 0.15) is 5.83 Å². The highest BCUT2D eigenvalue weighted by Crippen LogP contribution is 2.55. The Morgan fingerprint density at radius 1 is 1.12 bits per heavy atom. The van der Waals surface area contributed by atoms with Gasteiger partial charge in [0, 0.05) is 19.2 Å². The van der Waals surface area contributed by atoms with Crippen molar-refractivity contribution in [1.29, 1.82) is 0 Å². The second-order valence-electron chi connectivity index (χ2n) is 8.51. The van der Waals surface area contributed by atoms with Gasteiger partial charge < -0.3 is 15.4 Å². The van der Waals surface area contributed by atoms with Gasteiger partial charge in [-0.05, 0) is 75.5 Å². The van der Waals surface area contributed by atoms with Crippen LogP contribution in [0.5, 0.6) is 0 Å². The average Bonchev–Trinajstić information content (AvgIpc) is 2.52. The lowest BCUT2D eigenvalue weighted by molar-refractivity contribution is -0.0135. The third-order valence-electron chi connectivity index (χ3n) is 6.23. The summed E-state index contributed by atoms with van der Waals surface area (Å²) in [5.41, 5.74) is 0.0858. The molecule has 0 aromatic carbocycles. The molecule has 0 radical (unpaired) electrons. The molecule has 2 N–H and O–H groups in total. The minimum atomic E-state index is -0.199. The topological polar surface area (TPSA) is 50.4 Å². The fourth-order valence-electron chi connectivity index (χ4n) is 5.65. The van der Waals surface area contributed by atoms with Crippen LogP contribution in [0.25, 0.3) is 0 Å². The molecule has 2 amide bonds. The van der Waals surface area contributed by atoms with Crippen molar-refractivity contribution in [3.05, 3.63) is 11.9 Å². The lowest BCUT2D eigenvalue weighted by atomic mass is 9.53. The standard InChI is InChI=1S/C20H33FN2O2/c1-25-14-18(21)6-4-2-3-5-7-22-19(24)23-20-11-15-8-16(12-20)10-17(9-15)13-20/h6,15-17H,2-5,7-14H2,1H3,(H2,22,23,24). The van der Waals surface area contributed by atoms with Crippen molar-refractivity contribution in [3.8, 4) is 0 Å². The molecule has 4 aliphatic rings. The average molecular weight is 352 g/mol. The predicted molar refractivity (Wildman–Crippen MR) is 97.0 cm³/mol. The van der Waals surface area contributed by atoms with E-state index in [1.807, 2.05) is 0 Å². The molecule has 0 atom stereocenters. The molecule has 0 saturated heterocycles. The van der Waals surface area contributed by atoms with Crippen LogP contribution >= 0.6 is 0 Å². The van der Waals surface area contributed by atoms with E-state index in [0.29, 0.717) is 6.54 Å². The predicted octanol–water partition coefficient (Wildman–Crippen LogP) is 4.31. The van der Waals surface area contributed by atoms with Gasteiger partial charge in [0.2, 0.25) is 0 Å². The van der Waals surface area contributed by atoms with Crippen LogP contribution in [0, 0.1) is 17.8 Å². The molecule has 4 aliphatic carbocycles. The van der Waals surface area contributed by atoms with E-state index in [-0.39, 0.29) is 24.0 Å². The number of nitrogens with one attached hydrogen (secondary N) is 2. The molecule has 0 unspecified atom stereocenters. The maximum Gasteiger partial charge on any atom is 0.315 e. The summed E-state index contributed by atoms with van der Waals surface area (Å²) in [5.74, 6) is 2.34. The van der Waals surface area contributed by atoms with E-state index in [1.54, 1.807) is 6.08 Å². The largest absolute Gasteiger partial charge is 0.378 e. The van der Waals surface area contributed by atoms with Gasteiger partial charge in [-0.25, -0.2) is 9.18 Å². The molecule has 0 aliphatic heterocycles. The Labute approximate surface area is 151 Å². The van der Waals surface area contributed by atoms with Crippen molar-refractivity contribution in [2.45, 2.75) is 69.7 Å². The molecule has 5 heteroatoms. The van der Waals surface area contributed by atoms with Gasteiger partial charge in [0.05, 0.1) is 6.61 Å². The highest BCUT2D eigenvalue weighted by Gasteiger charge is 2.51. The normalized spacial score (nSPS) is 33.5. The van der Waals surface area contributed by atoms with Crippen molar-refractivity contribution in [3.63, 3.8) is 0 Å². The lowest BCUT2D eigenvalue weighted by Gasteiger charge is -2.56. The quantitative estimate of drug-likeness (QED) is 0.607. The number of urea groups is 1. The van der Waals surface area contributed by atoms with E-state index in [1.165, 1.54) is 45.6 Å². The minimum Gasteiger partial charge on any atom is -0.378 e. The number of methoxy groups -OCH3 is 1. The summed E-state index contributed by atoms with van der Waals surface area (Å²) >= 11 is 0. The second kappa shape index (κ2) is 8.52. The van der Waals surface area contributed by atoms with Crippen LogP contribution in [0.3, 0.4) is 0 Å². The van der Waals surface area contributed by atoms with Gasteiger partial charge in [0.25, 0.3) is 0 Å². The monoisotopic (exact) mass is 352 g/mol. The molecule has 4 nitrogen and oxygen atoms in total. The van der Waals surface area contributed by atoms with Gasteiger partial charge in [-0.15, -0.1) is 0 Å². The first-order valence-corrected chi connectivity index (χ1v) is 9.98. The van der Waals surface area contributed by atoms with E-state index in [9.17, 15) is 9.18 Å². The molecule has 4 rings (SSSR count). The maximum absolute atomic E-state index is 13.1. The summed E-state index contributed by atoms with van der Waals surface area (Å²) in [4.78, 5) is 12.3. The highest BCUT2D eigenvalue weighted by atomic mass is 19.1. The molecule has 4 fully saturated rings. The molecule has 0 aromatic heterocycles. The van der Waals surface area contributed by atoms with Gasteiger partial charge in [-0.2, -0.15) is 0 Å². The molecular weight excluding hydrogens is 319 g/mol. The minimum absolute atomic E-state index is 0.00739. The maximum atomic E-state index is 13.1. The zero-order chi connectivity index (χ0) is 17.7. The van der Waals surface area contributed by atoms with Crippen LogP contribution in [0.1, 0.15) is 64.2 Å². The van der Waals surface area contributed by atoms with E-state index < -0.39 is 0 Å². The number of unbranched alkanes of at least 4 members (excludes halogenated alkanes) is 3. The van der Waals surface area contributed by atoms with Gasteiger partial charge >= 0.3 is 6.03 Å². The van der Waals surface area contributed by atoms with Gasteiger partial charge in [-0.1, -0.05) is 12.5 Å². The van der Waals surface area contributed by atoms with Crippen LogP contribution in [0.2, 0.25) is 0 Å². The fraction of sp³-hybridized carbons (Fsp3) is 0.850. The van der Waals surface area contributed by atoms with Gasteiger partial charge in [0.15, 0.2) is 0 Å². The summed E-state index contributed by atoms with van der Waals surface area (Å²) in [6, 6.07) is 0.00739. The zero-order valence-electron chi connectivity index (χ0n) is 15.5. The first-order chi connectivity index (χ1) is 12.1. The summed E-state index contributed by atoms with van der Waals surface area (Å²) < 4.78 is 17.8. The number of ether oxygens (including phenoxy) is 1. The Hall–Kier alpha value is -1.10. The van der Waals surface area contributed by atoms with Crippen molar-refractivity contribution in [2.24, 2.45) is 17.8 Å². The summed E-state index contributed by atoms with van der Waals surface area (Å²) in [6.07, 6.45) is 12.9. The Morgan fingerprint density at radius 2 is 1.76 bits per heavy atom. The van der Waals surface area contributed by atoms with E-state index in [0.717, 1.165) is 43.4 Å². The Bertz CT molecular complexity index is 457. The van der Waals surface area contributed by atoms with Crippen molar-refractivity contribution in [2.75, 3.05) is 20.3 Å². The SMILES string of the molecule is COCC(F)=CCCCCCNC(=O)NC12CC3CC(CC(C3)C1)C2. The number of amides is 2. The smallest absolute Gasteiger partial charge is 0.315 e. The number of hydrogen-bond donors (Lipinski definition) is 2. The number of carbonyl (C=O) groups is 1. The second-order valence-corrected chi connectivity index (χ2v) is 8.51. The molecule has 4 saturated carbocycles. The van der Waals surface area contributed by atoms with Gasteiger partial charge in [-0.3, -0.25) is 0 Å². The van der Waals surface area contributed by atoms with Crippen LogP contribution < -0.4 is 10.6 Å². The number of allylic oxidation sites excluding steroid dienone is 1. The molecular formula is C20H33FN2O2. The van der Waals surface area contributed by atoms with Crippen LogP contribution in [-0.2, 0) is 4.74 Å². The highest BCUT2D eigenvalue weighted by molar-refractivity contribution is 5.74. The lowest BCUT2D eigenvalue weighted by Crippen LogP contribution is -2.61. The molecule has 142 valence electrons. The zero-order valence-corrected chi connectivity index (χ0v) is 15.5. The molecule has 0 aromatic rings. The Morgan fingerprint density at radius 3 is 2.36 bits per heavy atom. The first-order valence-electron chi connectivity index (χ1n) is 9.98. The van der Waals surface area contributed by atoms with Crippen molar-refractivity contribution >= 4 is 6.03 Å². The van der Waals surface area contributed by atoms with Crippen LogP contribution in [-0.4, -0.2) is 31.8 Å². The summed E-state index contributed by atoms with van der Waals surface area (Å²) in [7, 11) is 1.49. The molecule has 0 spiro atoms. The summed E-state index contributed by atoms with van der Waals surface area (Å²) in [6.45, 7) is 0.758. The number of halogens is 1. The number of carbonyl (C=O) groups excluding carboxylic acids is 1. The third kappa shape index (κ3) is 5.19. The van der Waals surface area contributed by atoms with E-state index in [2.05, 4.69) is 10.6 Å². The molecule has 4 bridgehead atoms. The summed E-state index contributed by atoms with van der Waals surface area (Å²) in [5, 5.41) is 6.35. The first kappa shape index (κ1) is 18.7. The van der Waals surface area contributed by atoms with Crippen LogP contribution in [0.4, 0.5) is 9.18 Å². The van der Waals surface area contributed by atoms with Crippen molar-refractivity contribution < 1.29 is 13.9 Å². The van der Waals surface area contributed by atoms with Crippen molar-refractivity contribution in [1.82, 2.24) is 10.6 Å². The van der Waals surface area contributed by atoms with E-state index >= 15 is 0 Å². The Balaban J connectivity index is 1.28. The number of hydrogen-bond acceptors (Lipinski definition) is 2. The number of rotatable bonds is 9. The fourth-order valence-corrected chi connectivity index (χ4v) is 5.65. The third-order valence-corrected chi connectivity index (χ3v) is 6.23. The van der Waals surface area contributed by atoms with E-state index in [4.69, 9.17) is 4.74 Å². The molecule has 25 heavy (non-hydrogen) atoms. The molecule has 0 heterocycles. The van der Waals surface area contributed by atoms with Crippen LogP contribution in [0.15, 0.2) is 11.9 Å².